The van der Waals surface area contributed by atoms with Gasteiger partial charge in [0, 0.05) is 19.3 Å². The molecule has 0 radical (unpaired) electrons. The predicted octanol–water partition coefficient (Wildman–Crippen LogP) is 3.66. The Balaban J connectivity index is 2.36. The van der Waals surface area contributed by atoms with Crippen LogP contribution in [0.1, 0.15) is 55.5 Å². The Morgan fingerprint density at radius 3 is 2.46 bits per heavy atom. The molecule has 0 saturated carbocycles. The van der Waals surface area contributed by atoms with Gasteiger partial charge in [-0.25, -0.2) is 9.18 Å². The molecule has 1 amide bonds. The molecule has 0 spiro atoms. The number of nitrogens with one attached hydrogen (secondary N) is 1. The lowest BCUT2D eigenvalue weighted by Gasteiger charge is -2.40. The van der Waals surface area contributed by atoms with E-state index in [1.54, 1.807) is 6.92 Å². The molecule has 0 aromatic heterocycles. The smallest absolute Gasteiger partial charge is 0.340 e. The lowest BCUT2D eigenvalue weighted by Crippen LogP contribution is -2.58. The van der Waals surface area contributed by atoms with Crippen molar-refractivity contribution in [2.24, 2.45) is 0 Å². The van der Waals surface area contributed by atoms with Gasteiger partial charge < -0.3 is 14.5 Å². The number of rotatable bonds is 7. The molecule has 26 heavy (non-hydrogen) atoms. The number of carbonyl (C=O) groups excluding carboxylic acids is 2. The molecule has 144 valence electrons. The van der Waals surface area contributed by atoms with Crippen LogP contribution in [0, 0.1) is 12.7 Å². The molecule has 1 aliphatic rings. The third kappa shape index (κ3) is 4.06. The van der Waals surface area contributed by atoms with Crippen molar-refractivity contribution in [3.63, 3.8) is 0 Å². The molecule has 1 heterocycles. The summed E-state index contributed by atoms with van der Waals surface area (Å²) >= 11 is 0. The number of aryl methyl sites for hydroxylation is 1. The molecule has 1 unspecified atom stereocenters. The number of likely N-dealkylation sites (tertiary alicyclic amines) is 1. The molecular weight excluding hydrogens is 335 g/mol. The summed E-state index contributed by atoms with van der Waals surface area (Å²) in [5.74, 6) is -1.28. The Kier molecular flexibility index (Phi) is 6.75. The number of anilines is 1. The van der Waals surface area contributed by atoms with Gasteiger partial charge >= 0.3 is 5.97 Å². The molecule has 0 bridgehead atoms. The van der Waals surface area contributed by atoms with Gasteiger partial charge in [0.05, 0.1) is 38.0 Å². The number of hydrogen-bond donors (Lipinski definition) is 1. The number of nitrogens with zero attached hydrogens (tertiary/aromatic N) is 1. The lowest BCUT2D eigenvalue weighted by atomic mass is 10.0. The molecule has 6 heteroatoms. The Bertz CT molecular complexity index is 669. The van der Waals surface area contributed by atoms with Gasteiger partial charge in [0.2, 0.25) is 0 Å². The number of carbonyl (C=O) groups is 2. The van der Waals surface area contributed by atoms with Crippen LogP contribution in [0.25, 0.3) is 0 Å². The van der Waals surface area contributed by atoms with E-state index < -0.39 is 11.8 Å². The van der Waals surface area contributed by atoms with Gasteiger partial charge in [0.25, 0.3) is 5.91 Å². The Morgan fingerprint density at radius 1 is 1.27 bits per heavy atom. The van der Waals surface area contributed by atoms with Gasteiger partial charge in [-0.1, -0.05) is 6.92 Å². The number of methoxy groups -OCH3 is 1. The van der Waals surface area contributed by atoms with Gasteiger partial charge in [-0.05, 0) is 38.0 Å². The zero-order chi connectivity index (χ0) is 19.3. The summed E-state index contributed by atoms with van der Waals surface area (Å²) in [6.07, 6.45) is 3.95. The van der Waals surface area contributed by atoms with Crippen LogP contribution >= 0.6 is 0 Å². The molecule has 1 N–H and O–H groups in total. The van der Waals surface area contributed by atoms with E-state index in [-0.39, 0.29) is 17.5 Å². The van der Waals surface area contributed by atoms with Crippen LogP contribution in [0.2, 0.25) is 0 Å². The summed E-state index contributed by atoms with van der Waals surface area (Å²) < 4.78 is 19.3. The van der Waals surface area contributed by atoms with E-state index in [4.69, 9.17) is 4.74 Å². The van der Waals surface area contributed by atoms with Gasteiger partial charge in [-0.3, -0.25) is 4.79 Å². The highest BCUT2D eigenvalue weighted by atomic mass is 19.1. The molecule has 1 aromatic rings. The highest BCUT2D eigenvalue weighted by Gasteiger charge is 2.42. The third-order valence-electron chi connectivity index (χ3n) is 5.57. The lowest BCUT2D eigenvalue weighted by molar-refractivity contribution is -0.930. The molecule has 1 aromatic carbocycles. The average molecular weight is 365 g/mol. The fourth-order valence-electron chi connectivity index (χ4n) is 4.13. The molecule has 1 atom stereocenters. The first-order valence-electron chi connectivity index (χ1n) is 9.43. The average Bonchev–Trinajstić information content (AvgIpc) is 3.10. The Hall–Kier alpha value is -1.95. The maximum Gasteiger partial charge on any atom is 0.340 e. The fourth-order valence-corrected chi connectivity index (χ4v) is 4.13. The van der Waals surface area contributed by atoms with Crippen molar-refractivity contribution < 1.29 is 23.2 Å². The summed E-state index contributed by atoms with van der Waals surface area (Å²) in [4.78, 5) is 25.2. The van der Waals surface area contributed by atoms with Crippen molar-refractivity contribution >= 4 is 17.6 Å². The van der Waals surface area contributed by atoms with Gasteiger partial charge in [0.1, 0.15) is 5.82 Å². The van der Waals surface area contributed by atoms with Crippen molar-refractivity contribution in [1.29, 1.82) is 0 Å². The minimum atomic E-state index is -0.657. The normalized spacial score (nSPS) is 17.0. The van der Waals surface area contributed by atoms with Crippen LogP contribution in [-0.4, -0.2) is 49.1 Å². The van der Waals surface area contributed by atoms with Crippen LogP contribution in [0.15, 0.2) is 12.1 Å². The minimum Gasteiger partial charge on any atom is -0.465 e. The number of hydrogen-bond acceptors (Lipinski definition) is 3. The Labute approximate surface area is 155 Å². The highest BCUT2D eigenvalue weighted by Crippen LogP contribution is 2.29. The van der Waals surface area contributed by atoms with Crippen molar-refractivity contribution in [2.45, 2.75) is 52.5 Å². The van der Waals surface area contributed by atoms with E-state index in [1.165, 1.54) is 13.2 Å². The van der Waals surface area contributed by atoms with Gasteiger partial charge in [-0.2, -0.15) is 0 Å². The van der Waals surface area contributed by atoms with Crippen molar-refractivity contribution in [2.75, 3.05) is 32.1 Å². The van der Waals surface area contributed by atoms with E-state index in [1.807, 2.05) is 0 Å². The van der Waals surface area contributed by atoms with E-state index in [0.717, 1.165) is 55.9 Å². The maximum atomic E-state index is 13.8. The fraction of sp³-hybridized carbons (Fsp3) is 0.600. The van der Waals surface area contributed by atoms with Crippen molar-refractivity contribution in [3.8, 4) is 0 Å². The summed E-state index contributed by atoms with van der Waals surface area (Å²) in [7, 11) is 1.25. The van der Waals surface area contributed by atoms with Crippen LogP contribution in [0.3, 0.4) is 0 Å². The second-order valence-corrected chi connectivity index (χ2v) is 7.12. The highest BCUT2D eigenvalue weighted by molar-refractivity contribution is 6.03. The monoisotopic (exact) mass is 365 g/mol. The molecule has 0 aliphatic carbocycles. The quantitative estimate of drug-likeness (QED) is 0.593. The zero-order valence-corrected chi connectivity index (χ0v) is 16.2. The summed E-state index contributed by atoms with van der Waals surface area (Å²) in [6.45, 7) is 8.79. The second-order valence-electron chi connectivity index (χ2n) is 7.12. The largest absolute Gasteiger partial charge is 0.465 e. The topological polar surface area (TPSA) is 55.4 Å². The van der Waals surface area contributed by atoms with E-state index >= 15 is 0 Å². The molecular formula is C20H30FN2O3+. The van der Waals surface area contributed by atoms with E-state index in [0.29, 0.717) is 11.3 Å². The van der Waals surface area contributed by atoms with E-state index in [9.17, 15) is 14.0 Å². The van der Waals surface area contributed by atoms with E-state index in [2.05, 4.69) is 19.2 Å². The number of ether oxygens (including phenoxy) is 1. The Morgan fingerprint density at radius 2 is 1.92 bits per heavy atom. The maximum absolute atomic E-state index is 13.8. The molecule has 2 rings (SSSR count). The van der Waals surface area contributed by atoms with Crippen LogP contribution in [0.4, 0.5) is 10.1 Å². The van der Waals surface area contributed by atoms with Gasteiger partial charge in [-0.15, -0.1) is 0 Å². The van der Waals surface area contributed by atoms with Crippen LogP contribution in [0.5, 0.6) is 0 Å². The third-order valence-corrected chi connectivity index (χ3v) is 5.57. The van der Waals surface area contributed by atoms with Gasteiger partial charge in [0.15, 0.2) is 6.04 Å². The van der Waals surface area contributed by atoms with Crippen molar-refractivity contribution in [1.82, 2.24) is 0 Å². The summed E-state index contributed by atoms with van der Waals surface area (Å²) in [5.41, 5.74) is 0.911. The number of amides is 1. The standard InChI is InChI=1S/C20H29FN2O3/c1-5-9-17(23(6-2)10-7-8-11-23)19(24)22-18-14(3)12-15(21)13-16(18)20(25)26-4/h12-13,17H,5-11H2,1-4H3/p+1. The number of esters is 1. The number of quaternary nitrogens is 1. The van der Waals surface area contributed by atoms with Crippen molar-refractivity contribution in [3.05, 3.63) is 29.1 Å². The van der Waals surface area contributed by atoms with Crippen LogP contribution < -0.4 is 5.32 Å². The molecule has 1 aliphatic heterocycles. The first-order chi connectivity index (χ1) is 12.4. The predicted molar refractivity (Wildman–Crippen MR) is 99.6 cm³/mol. The number of benzene rings is 1. The van der Waals surface area contributed by atoms with Crippen LogP contribution in [-0.2, 0) is 9.53 Å². The first kappa shape index (κ1) is 20.4. The summed E-state index contributed by atoms with van der Waals surface area (Å²) in [5, 5.41) is 2.92. The molecule has 1 saturated heterocycles. The molecule has 1 fully saturated rings. The second kappa shape index (κ2) is 8.62. The zero-order valence-electron chi connectivity index (χ0n) is 16.2. The summed E-state index contributed by atoms with van der Waals surface area (Å²) in [6, 6.07) is 2.27. The SMILES string of the molecule is CCCC(C(=O)Nc1c(C)cc(F)cc1C(=O)OC)[N+]1(CC)CCCC1. The molecule has 5 nitrogen and oxygen atoms in total. The minimum absolute atomic E-state index is 0.0538. The number of likely N-dealkylation sites (N-methyl/N-ethyl adjacent to an activating group) is 1. The first-order valence-corrected chi connectivity index (χ1v) is 9.43. The number of halogens is 1.